The van der Waals surface area contributed by atoms with Gasteiger partial charge in [-0.15, -0.1) is 11.6 Å². The predicted octanol–water partition coefficient (Wildman–Crippen LogP) is 2.41. The van der Waals surface area contributed by atoms with Crippen LogP contribution in [0.4, 0.5) is 5.69 Å². The number of carbonyl (C=O) groups excluding carboxylic acids is 2. The number of carbonyl (C=O) groups is 2. The van der Waals surface area contributed by atoms with E-state index >= 15 is 0 Å². The lowest BCUT2D eigenvalue weighted by Gasteiger charge is -2.44. The van der Waals surface area contributed by atoms with Crippen molar-refractivity contribution in [2.24, 2.45) is 0 Å². The Morgan fingerprint density at radius 1 is 1.13 bits per heavy atom. The topological polar surface area (TPSA) is 75.4 Å². The third-order valence-electron chi connectivity index (χ3n) is 3.84. The van der Waals surface area contributed by atoms with Crippen LogP contribution in [0.25, 0.3) is 0 Å². The number of halogens is 1. The number of nitrogen functional groups attached to an aromatic ring is 1. The minimum absolute atomic E-state index is 0.318. The van der Waals surface area contributed by atoms with E-state index in [-0.39, 0.29) is 17.9 Å². The molecule has 0 spiro atoms. The van der Waals surface area contributed by atoms with Gasteiger partial charge in [0.1, 0.15) is 11.4 Å². The van der Waals surface area contributed by atoms with Crippen LogP contribution >= 0.6 is 11.6 Å². The lowest BCUT2D eigenvalue weighted by atomic mass is 9.94. The summed E-state index contributed by atoms with van der Waals surface area (Å²) in [5, 5.41) is 0.602. The molecular formula is C17H16ClN3O2. The molecule has 2 amide bonds. The van der Waals surface area contributed by atoms with Crippen LogP contribution in [-0.4, -0.2) is 22.2 Å². The average molecular weight is 330 g/mol. The van der Waals surface area contributed by atoms with Crippen LogP contribution < -0.4 is 11.2 Å². The summed E-state index contributed by atoms with van der Waals surface area (Å²) in [4.78, 5) is 24.2. The Hall–Kier alpha value is -2.53. The summed E-state index contributed by atoms with van der Waals surface area (Å²) in [6.07, 6.45) is 0. The van der Waals surface area contributed by atoms with Crippen LogP contribution in [-0.2, 0) is 4.79 Å². The molecule has 118 valence electrons. The van der Waals surface area contributed by atoms with Crippen molar-refractivity contribution in [2.75, 3.05) is 5.73 Å². The smallest absolute Gasteiger partial charge is 0.269 e. The maximum absolute atomic E-state index is 12.3. The number of rotatable bonds is 3. The number of nitrogens with one attached hydrogen (secondary N) is 1. The van der Waals surface area contributed by atoms with Crippen molar-refractivity contribution < 1.29 is 9.59 Å². The van der Waals surface area contributed by atoms with Gasteiger partial charge in [-0.1, -0.05) is 29.8 Å². The molecule has 5 nitrogen and oxygen atoms in total. The minimum atomic E-state index is -0.676. The second-order valence-corrected chi connectivity index (χ2v) is 6.00. The fourth-order valence-electron chi connectivity index (χ4n) is 2.47. The van der Waals surface area contributed by atoms with Gasteiger partial charge in [0.05, 0.1) is 0 Å². The molecule has 1 aliphatic rings. The second-order valence-electron chi connectivity index (χ2n) is 5.53. The highest BCUT2D eigenvalue weighted by molar-refractivity contribution is 6.33. The van der Waals surface area contributed by atoms with Gasteiger partial charge in [0.2, 0.25) is 0 Å². The number of benzene rings is 2. The molecule has 23 heavy (non-hydrogen) atoms. The molecular weight excluding hydrogens is 314 g/mol. The van der Waals surface area contributed by atoms with Crippen molar-refractivity contribution in [3.8, 4) is 0 Å². The normalized spacial score (nSPS) is 20.1. The molecule has 2 atom stereocenters. The highest BCUT2D eigenvalue weighted by atomic mass is 35.5. The van der Waals surface area contributed by atoms with E-state index in [4.69, 9.17) is 17.3 Å². The predicted molar refractivity (Wildman–Crippen MR) is 88.7 cm³/mol. The molecule has 0 bridgehead atoms. The minimum Gasteiger partial charge on any atom is -0.399 e. The average Bonchev–Trinajstić information content (AvgIpc) is 2.56. The lowest BCUT2D eigenvalue weighted by Crippen LogP contribution is -2.63. The van der Waals surface area contributed by atoms with Gasteiger partial charge in [-0.25, -0.2) is 5.01 Å². The molecule has 0 radical (unpaired) electrons. The van der Waals surface area contributed by atoms with E-state index in [0.717, 1.165) is 11.1 Å². The summed E-state index contributed by atoms with van der Waals surface area (Å²) in [6, 6.07) is 13.8. The Labute approximate surface area is 139 Å². The molecule has 0 aromatic heterocycles. The highest BCUT2D eigenvalue weighted by Crippen LogP contribution is 2.37. The second kappa shape index (κ2) is 5.93. The van der Waals surface area contributed by atoms with E-state index in [1.807, 2.05) is 31.2 Å². The Morgan fingerprint density at radius 2 is 1.74 bits per heavy atom. The summed E-state index contributed by atoms with van der Waals surface area (Å²) in [6.45, 7) is 1.98. The number of aryl methyl sites for hydroxylation is 1. The lowest BCUT2D eigenvalue weighted by molar-refractivity contribution is -0.149. The number of anilines is 1. The standard InChI is InChI=1S/C17H16ClN3O2/c1-10-2-4-11(5-3-10)15-14(18)17(23)21(15)20-16(22)12-6-8-13(19)9-7-12/h2-9,14-15H,19H2,1H3,(H,20,22)/t14-,15+/m1/s1. The van der Waals surface area contributed by atoms with Crippen molar-refractivity contribution in [2.45, 2.75) is 18.3 Å². The van der Waals surface area contributed by atoms with Crippen molar-refractivity contribution in [3.63, 3.8) is 0 Å². The quantitative estimate of drug-likeness (QED) is 0.516. The number of hydrogen-bond acceptors (Lipinski definition) is 3. The SMILES string of the molecule is Cc1ccc([C@H]2[C@@H](Cl)C(=O)N2NC(=O)c2ccc(N)cc2)cc1. The molecule has 0 aliphatic carbocycles. The third kappa shape index (κ3) is 2.87. The van der Waals surface area contributed by atoms with E-state index in [9.17, 15) is 9.59 Å². The van der Waals surface area contributed by atoms with Gasteiger partial charge in [-0.3, -0.25) is 15.0 Å². The van der Waals surface area contributed by atoms with Crippen LogP contribution in [0.3, 0.4) is 0 Å². The van der Waals surface area contributed by atoms with Gasteiger partial charge in [0.15, 0.2) is 0 Å². The number of amides is 2. The third-order valence-corrected chi connectivity index (χ3v) is 4.27. The zero-order valence-electron chi connectivity index (χ0n) is 12.5. The molecule has 1 aliphatic heterocycles. The number of alkyl halides is 1. The molecule has 3 rings (SSSR count). The van der Waals surface area contributed by atoms with Gasteiger partial charge in [0.25, 0.3) is 11.8 Å². The van der Waals surface area contributed by atoms with E-state index in [1.165, 1.54) is 5.01 Å². The number of hydrazine groups is 1. The maximum atomic E-state index is 12.3. The van der Waals surface area contributed by atoms with Crippen LogP contribution in [0, 0.1) is 6.92 Å². The van der Waals surface area contributed by atoms with Crippen LogP contribution in [0.15, 0.2) is 48.5 Å². The van der Waals surface area contributed by atoms with Crippen molar-refractivity contribution in [1.82, 2.24) is 10.4 Å². The van der Waals surface area contributed by atoms with E-state index in [2.05, 4.69) is 5.43 Å². The van der Waals surface area contributed by atoms with E-state index in [1.54, 1.807) is 24.3 Å². The van der Waals surface area contributed by atoms with Gasteiger partial charge < -0.3 is 5.73 Å². The maximum Gasteiger partial charge on any atom is 0.269 e. The molecule has 2 aromatic rings. The van der Waals surface area contributed by atoms with Gasteiger partial charge in [-0.05, 0) is 36.8 Å². The highest BCUT2D eigenvalue weighted by Gasteiger charge is 2.48. The number of hydrogen-bond donors (Lipinski definition) is 2. The van der Waals surface area contributed by atoms with Gasteiger partial charge in [0, 0.05) is 11.3 Å². The molecule has 2 aromatic carbocycles. The largest absolute Gasteiger partial charge is 0.399 e. The monoisotopic (exact) mass is 329 g/mol. The van der Waals surface area contributed by atoms with E-state index in [0.29, 0.717) is 11.3 Å². The Bertz CT molecular complexity index is 743. The van der Waals surface area contributed by atoms with Crippen LogP contribution in [0.5, 0.6) is 0 Å². The summed E-state index contributed by atoms with van der Waals surface area (Å²) < 4.78 is 0. The fraction of sp³-hybridized carbons (Fsp3) is 0.176. The van der Waals surface area contributed by atoms with Crippen molar-refractivity contribution >= 4 is 29.1 Å². The summed E-state index contributed by atoms with van der Waals surface area (Å²) in [7, 11) is 0. The Morgan fingerprint density at radius 3 is 2.35 bits per heavy atom. The van der Waals surface area contributed by atoms with Gasteiger partial charge in [-0.2, -0.15) is 0 Å². The molecule has 3 N–H and O–H groups in total. The Balaban J connectivity index is 1.77. The molecule has 0 saturated carbocycles. The number of nitrogens with zero attached hydrogens (tertiary/aromatic N) is 1. The van der Waals surface area contributed by atoms with Crippen LogP contribution in [0.2, 0.25) is 0 Å². The van der Waals surface area contributed by atoms with Crippen molar-refractivity contribution in [1.29, 1.82) is 0 Å². The molecule has 1 saturated heterocycles. The summed E-state index contributed by atoms with van der Waals surface area (Å²) in [5.41, 5.74) is 11.2. The van der Waals surface area contributed by atoms with E-state index < -0.39 is 5.38 Å². The summed E-state index contributed by atoms with van der Waals surface area (Å²) in [5.74, 6) is -0.694. The van der Waals surface area contributed by atoms with Crippen molar-refractivity contribution in [3.05, 3.63) is 65.2 Å². The van der Waals surface area contributed by atoms with Gasteiger partial charge >= 0.3 is 0 Å². The summed E-state index contributed by atoms with van der Waals surface area (Å²) >= 11 is 6.13. The fourth-order valence-corrected chi connectivity index (χ4v) is 2.83. The molecule has 6 heteroatoms. The molecule has 1 fully saturated rings. The Kier molecular flexibility index (Phi) is 3.96. The first-order chi connectivity index (χ1) is 11.0. The first-order valence-electron chi connectivity index (χ1n) is 7.17. The molecule has 1 heterocycles. The first-order valence-corrected chi connectivity index (χ1v) is 7.61. The zero-order chi connectivity index (χ0) is 16.6. The number of β-lactam (4-membered cyclic amide) rings is 1. The zero-order valence-corrected chi connectivity index (χ0v) is 13.2. The molecule has 0 unspecified atom stereocenters. The first kappa shape index (κ1) is 15.4. The number of nitrogens with two attached hydrogens (primary N) is 1. The van der Waals surface area contributed by atoms with Crippen LogP contribution in [0.1, 0.15) is 27.5 Å².